The van der Waals surface area contributed by atoms with Gasteiger partial charge in [-0.15, -0.1) is 0 Å². The minimum atomic E-state index is 1.03. The zero-order valence-corrected chi connectivity index (χ0v) is 6.55. The SMILES string of the molecule is Cc1cc2[nH]ncc2c(C)n1. The first-order valence-electron chi connectivity index (χ1n) is 3.55. The number of pyridine rings is 1. The topological polar surface area (TPSA) is 41.6 Å². The van der Waals surface area contributed by atoms with E-state index in [2.05, 4.69) is 15.2 Å². The molecule has 56 valence electrons. The summed E-state index contributed by atoms with van der Waals surface area (Å²) < 4.78 is 0. The predicted octanol–water partition coefficient (Wildman–Crippen LogP) is 1.57. The van der Waals surface area contributed by atoms with E-state index >= 15 is 0 Å². The molecule has 0 aliphatic rings. The maximum atomic E-state index is 4.31. The van der Waals surface area contributed by atoms with Gasteiger partial charge in [0.15, 0.2) is 0 Å². The van der Waals surface area contributed by atoms with Crippen molar-refractivity contribution in [2.45, 2.75) is 13.8 Å². The fourth-order valence-corrected chi connectivity index (χ4v) is 1.26. The van der Waals surface area contributed by atoms with Crippen LogP contribution in [0.3, 0.4) is 0 Å². The Morgan fingerprint density at radius 1 is 1.36 bits per heavy atom. The maximum absolute atomic E-state index is 4.31. The van der Waals surface area contributed by atoms with Crippen LogP contribution in [0.2, 0.25) is 0 Å². The molecule has 2 aromatic rings. The van der Waals surface area contributed by atoms with Crippen LogP contribution in [0.4, 0.5) is 0 Å². The van der Waals surface area contributed by atoms with Crippen molar-refractivity contribution < 1.29 is 0 Å². The first kappa shape index (κ1) is 6.34. The van der Waals surface area contributed by atoms with Gasteiger partial charge in [-0.1, -0.05) is 0 Å². The summed E-state index contributed by atoms with van der Waals surface area (Å²) in [5.74, 6) is 0. The number of hydrogen-bond donors (Lipinski definition) is 1. The second kappa shape index (κ2) is 2.05. The van der Waals surface area contributed by atoms with Crippen molar-refractivity contribution in [3.05, 3.63) is 23.7 Å². The molecule has 0 spiro atoms. The summed E-state index contributed by atoms with van der Waals surface area (Å²) >= 11 is 0. The van der Waals surface area contributed by atoms with E-state index < -0.39 is 0 Å². The number of aromatic amines is 1. The predicted molar refractivity (Wildman–Crippen MR) is 43.4 cm³/mol. The third-order valence-electron chi connectivity index (χ3n) is 1.76. The third-order valence-corrected chi connectivity index (χ3v) is 1.76. The lowest BCUT2D eigenvalue weighted by Gasteiger charge is -1.95. The Labute approximate surface area is 64.5 Å². The number of fused-ring (bicyclic) bond motifs is 1. The molecule has 0 aromatic carbocycles. The van der Waals surface area contributed by atoms with Crippen LogP contribution in [0.5, 0.6) is 0 Å². The summed E-state index contributed by atoms with van der Waals surface area (Å²) in [6.45, 7) is 3.97. The molecule has 2 heterocycles. The fourth-order valence-electron chi connectivity index (χ4n) is 1.26. The Bertz CT molecular complexity index is 389. The van der Waals surface area contributed by atoms with E-state index in [1.54, 1.807) is 6.20 Å². The van der Waals surface area contributed by atoms with Crippen molar-refractivity contribution in [2.75, 3.05) is 0 Å². The van der Waals surface area contributed by atoms with Crippen molar-refractivity contribution in [1.82, 2.24) is 15.2 Å². The minimum absolute atomic E-state index is 1.03. The molecule has 0 saturated carbocycles. The molecule has 3 nitrogen and oxygen atoms in total. The highest BCUT2D eigenvalue weighted by Gasteiger charge is 1.99. The molecule has 0 aliphatic carbocycles. The number of nitrogens with zero attached hydrogens (tertiary/aromatic N) is 2. The Morgan fingerprint density at radius 2 is 2.18 bits per heavy atom. The van der Waals surface area contributed by atoms with Crippen LogP contribution in [-0.2, 0) is 0 Å². The van der Waals surface area contributed by atoms with Gasteiger partial charge in [-0.3, -0.25) is 10.1 Å². The van der Waals surface area contributed by atoms with Gasteiger partial charge >= 0.3 is 0 Å². The van der Waals surface area contributed by atoms with E-state index in [-0.39, 0.29) is 0 Å². The smallest absolute Gasteiger partial charge is 0.0686 e. The largest absolute Gasteiger partial charge is 0.278 e. The molecule has 0 unspecified atom stereocenters. The number of rotatable bonds is 0. The summed E-state index contributed by atoms with van der Waals surface area (Å²) in [7, 11) is 0. The molecular formula is C8H9N3. The fraction of sp³-hybridized carbons (Fsp3) is 0.250. The van der Waals surface area contributed by atoms with Crippen molar-refractivity contribution in [1.29, 1.82) is 0 Å². The molecule has 0 amide bonds. The Kier molecular flexibility index (Phi) is 1.18. The first-order chi connectivity index (χ1) is 5.27. The molecule has 2 aromatic heterocycles. The van der Waals surface area contributed by atoms with Crippen LogP contribution in [0.1, 0.15) is 11.4 Å². The lowest BCUT2D eigenvalue weighted by atomic mass is 10.2. The van der Waals surface area contributed by atoms with Crippen LogP contribution >= 0.6 is 0 Å². The number of nitrogens with one attached hydrogen (secondary N) is 1. The van der Waals surface area contributed by atoms with E-state index in [9.17, 15) is 0 Å². The molecule has 0 fully saturated rings. The van der Waals surface area contributed by atoms with Crippen molar-refractivity contribution in [2.24, 2.45) is 0 Å². The quantitative estimate of drug-likeness (QED) is 0.614. The van der Waals surface area contributed by atoms with Gasteiger partial charge in [-0.25, -0.2) is 0 Å². The second-order valence-electron chi connectivity index (χ2n) is 2.68. The van der Waals surface area contributed by atoms with Gasteiger partial charge in [0.2, 0.25) is 0 Å². The van der Waals surface area contributed by atoms with Gasteiger partial charge in [-0.2, -0.15) is 5.10 Å². The maximum Gasteiger partial charge on any atom is 0.0686 e. The summed E-state index contributed by atoms with van der Waals surface area (Å²) in [6, 6.07) is 2.00. The molecule has 0 radical (unpaired) electrons. The molecule has 0 saturated heterocycles. The highest BCUT2D eigenvalue weighted by atomic mass is 15.1. The lowest BCUT2D eigenvalue weighted by Crippen LogP contribution is -1.85. The average molecular weight is 147 g/mol. The summed E-state index contributed by atoms with van der Waals surface area (Å²) in [5, 5.41) is 7.96. The average Bonchev–Trinajstić information content (AvgIpc) is 2.34. The highest BCUT2D eigenvalue weighted by Crippen LogP contribution is 2.13. The van der Waals surface area contributed by atoms with Crippen LogP contribution in [-0.4, -0.2) is 15.2 Å². The van der Waals surface area contributed by atoms with Gasteiger partial charge in [-0.05, 0) is 19.9 Å². The van der Waals surface area contributed by atoms with E-state index in [1.165, 1.54) is 0 Å². The van der Waals surface area contributed by atoms with E-state index in [1.807, 2.05) is 19.9 Å². The third kappa shape index (κ3) is 0.888. The highest BCUT2D eigenvalue weighted by molar-refractivity contribution is 5.80. The molecule has 0 aliphatic heterocycles. The number of hydrogen-bond acceptors (Lipinski definition) is 2. The Balaban J connectivity index is 2.91. The van der Waals surface area contributed by atoms with Crippen molar-refractivity contribution in [3.63, 3.8) is 0 Å². The summed E-state index contributed by atoms with van der Waals surface area (Å²) in [5.41, 5.74) is 3.13. The number of aromatic nitrogens is 3. The zero-order chi connectivity index (χ0) is 7.84. The molecular weight excluding hydrogens is 138 g/mol. The van der Waals surface area contributed by atoms with E-state index in [4.69, 9.17) is 0 Å². The van der Waals surface area contributed by atoms with E-state index in [0.717, 1.165) is 22.3 Å². The van der Waals surface area contributed by atoms with Crippen LogP contribution < -0.4 is 0 Å². The van der Waals surface area contributed by atoms with E-state index in [0.29, 0.717) is 0 Å². The van der Waals surface area contributed by atoms with Crippen LogP contribution in [0.15, 0.2) is 12.3 Å². The lowest BCUT2D eigenvalue weighted by molar-refractivity contribution is 1.11. The van der Waals surface area contributed by atoms with Gasteiger partial charge in [0, 0.05) is 16.8 Å². The van der Waals surface area contributed by atoms with Crippen molar-refractivity contribution >= 4 is 10.9 Å². The molecule has 0 bridgehead atoms. The normalized spacial score (nSPS) is 10.7. The first-order valence-corrected chi connectivity index (χ1v) is 3.55. The van der Waals surface area contributed by atoms with Crippen LogP contribution in [0.25, 0.3) is 10.9 Å². The molecule has 11 heavy (non-hydrogen) atoms. The number of aryl methyl sites for hydroxylation is 2. The zero-order valence-electron chi connectivity index (χ0n) is 6.55. The van der Waals surface area contributed by atoms with Crippen molar-refractivity contribution in [3.8, 4) is 0 Å². The monoisotopic (exact) mass is 147 g/mol. The van der Waals surface area contributed by atoms with Gasteiger partial charge in [0.05, 0.1) is 11.7 Å². The summed E-state index contributed by atoms with van der Waals surface area (Å²) in [4.78, 5) is 4.31. The molecule has 1 N–H and O–H groups in total. The van der Waals surface area contributed by atoms with Gasteiger partial charge in [0.1, 0.15) is 0 Å². The Morgan fingerprint density at radius 3 is 3.00 bits per heavy atom. The minimum Gasteiger partial charge on any atom is -0.278 e. The van der Waals surface area contributed by atoms with Gasteiger partial charge < -0.3 is 0 Å². The Hall–Kier alpha value is -1.38. The summed E-state index contributed by atoms with van der Waals surface area (Å²) in [6.07, 6.45) is 1.80. The number of H-pyrrole nitrogens is 1. The molecule has 2 rings (SSSR count). The second-order valence-corrected chi connectivity index (χ2v) is 2.68. The molecule has 0 atom stereocenters. The molecule has 3 heteroatoms. The standard InChI is InChI=1S/C8H9N3/c1-5-3-8-7(4-9-11-8)6(2)10-5/h3-4H,1-2H3,(H,9,11). The van der Waals surface area contributed by atoms with Crippen LogP contribution in [0, 0.1) is 13.8 Å². The van der Waals surface area contributed by atoms with Gasteiger partial charge in [0.25, 0.3) is 0 Å².